The Balaban J connectivity index is 2.52. The van der Waals surface area contributed by atoms with E-state index in [4.69, 9.17) is 10.00 Å². The molecular weight excluding hydrogens is 275 g/mol. The molecule has 0 heterocycles. The van der Waals surface area contributed by atoms with Crippen molar-refractivity contribution in [2.45, 2.75) is 40.0 Å². The summed E-state index contributed by atoms with van der Waals surface area (Å²) in [4.78, 5) is 10.1. The Kier molecular flexibility index (Phi) is 5.65. The average molecular weight is 294 g/mol. The van der Waals surface area contributed by atoms with Gasteiger partial charge in [0.25, 0.3) is 5.69 Å². The molecule has 0 bridgehead atoms. The number of nitrogens with zero attached hydrogens (tertiary/aromatic N) is 2. The Morgan fingerprint density at radius 3 is 2.67 bits per heavy atom. The van der Waals surface area contributed by atoms with Gasteiger partial charge in [0.1, 0.15) is 0 Å². The van der Waals surface area contributed by atoms with Crippen LogP contribution in [0.3, 0.4) is 0 Å². The van der Waals surface area contributed by atoms with Gasteiger partial charge >= 0.3 is 0 Å². The van der Waals surface area contributed by atoms with E-state index in [1.54, 1.807) is 6.92 Å². The van der Waals surface area contributed by atoms with Crippen molar-refractivity contribution in [2.24, 2.45) is 5.41 Å². The number of nitriles is 1. The van der Waals surface area contributed by atoms with Crippen LogP contribution in [0.1, 0.15) is 38.7 Å². The van der Waals surface area contributed by atoms with Gasteiger partial charge < -0.3 is 4.74 Å². The van der Waals surface area contributed by atoms with E-state index >= 15 is 0 Å². The number of hydrogen-bond acceptors (Lipinski definition) is 4. The molecule has 6 heteroatoms. The summed E-state index contributed by atoms with van der Waals surface area (Å²) in [7, 11) is 0. The number of hydrogen-bond donors (Lipinski definition) is 0. The molecule has 114 valence electrons. The standard InChI is InChI=1S/C15H19FN2O3/c1-11-8-14(12(16)9-13(11)18(19)20)21-7-5-4-6-15(2,3)10-17/h8-9H,4-7H2,1-3H3. The van der Waals surface area contributed by atoms with Crippen LogP contribution in [0.4, 0.5) is 10.1 Å². The van der Waals surface area contributed by atoms with Crippen molar-refractivity contribution in [1.29, 1.82) is 5.26 Å². The van der Waals surface area contributed by atoms with Gasteiger partial charge in [0.05, 0.1) is 29.1 Å². The van der Waals surface area contributed by atoms with Crippen LogP contribution in [0.25, 0.3) is 0 Å². The molecule has 0 saturated carbocycles. The third kappa shape index (κ3) is 5.03. The van der Waals surface area contributed by atoms with Crippen molar-refractivity contribution in [3.05, 3.63) is 33.6 Å². The van der Waals surface area contributed by atoms with E-state index in [2.05, 4.69) is 6.07 Å². The van der Waals surface area contributed by atoms with Gasteiger partial charge in [-0.15, -0.1) is 0 Å². The van der Waals surface area contributed by atoms with Crippen LogP contribution < -0.4 is 4.74 Å². The van der Waals surface area contributed by atoms with Gasteiger partial charge in [-0.05, 0) is 46.1 Å². The lowest BCUT2D eigenvalue weighted by Crippen LogP contribution is -2.08. The molecule has 5 nitrogen and oxygen atoms in total. The fraction of sp³-hybridized carbons (Fsp3) is 0.533. The zero-order chi connectivity index (χ0) is 16.0. The van der Waals surface area contributed by atoms with Gasteiger partial charge in [0.2, 0.25) is 0 Å². The minimum absolute atomic E-state index is 0.0256. The zero-order valence-corrected chi connectivity index (χ0v) is 12.5. The molecule has 0 fully saturated rings. The minimum Gasteiger partial charge on any atom is -0.491 e. The van der Waals surface area contributed by atoms with E-state index < -0.39 is 10.7 Å². The van der Waals surface area contributed by atoms with Gasteiger partial charge in [0, 0.05) is 5.56 Å². The van der Waals surface area contributed by atoms with Crippen LogP contribution in [-0.4, -0.2) is 11.5 Å². The van der Waals surface area contributed by atoms with Gasteiger partial charge in [0.15, 0.2) is 11.6 Å². The predicted octanol–water partition coefficient (Wildman–Crippen LogP) is 4.14. The molecule has 1 aromatic carbocycles. The topological polar surface area (TPSA) is 76.2 Å². The van der Waals surface area contributed by atoms with Crippen molar-refractivity contribution in [1.82, 2.24) is 0 Å². The summed E-state index contributed by atoms with van der Waals surface area (Å²) < 4.78 is 19.0. The summed E-state index contributed by atoms with van der Waals surface area (Å²) in [6, 6.07) is 4.44. The predicted molar refractivity (Wildman–Crippen MR) is 76.5 cm³/mol. The van der Waals surface area contributed by atoms with Crippen LogP contribution in [0.15, 0.2) is 12.1 Å². The van der Waals surface area contributed by atoms with Crippen LogP contribution in [0, 0.1) is 39.6 Å². The molecule has 0 unspecified atom stereocenters. The summed E-state index contributed by atoms with van der Waals surface area (Å²) in [6.07, 6.45) is 2.24. The third-order valence-electron chi connectivity index (χ3n) is 3.20. The highest BCUT2D eigenvalue weighted by Gasteiger charge is 2.17. The molecule has 0 atom stereocenters. The van der Waals surface area contributed by atoms with Crippen molar-refractivity contribution in [2.75, 3.05) is 6.61 Å². The molecule has 0 N–H and O–H groups in total. The number of unbranched alkanes of at least 4 members (excludes halogenated alkanes) is 1. The zero-order valence-electron chi connectivity index (χ0n) is 12.5. The SMILES string of the molecule is Cc1cc(OCCCCC(C)(C)C#N)c(F)cc1[N+](=O)[O-]. The van der Waals surface area contributed by atoms with E-state index in [1.807, 2.05) is 13.8 Å². The first-order chi connectivity index (χ1) is 9.76. The smallest absolute Gasteiger partial charge is 0.275 e. The van der Waals surface area contributed by atoms with Gasteiger partial charge in [-0.1, -0.05) is 0 Å². The van der Waals surface area contributed by atoms with E-state index in [9.17, 15) is 14.5 Å². The maximum absolute atomic E-state index is 13.7. The van der Waals surface area contributed by atoms with Crippen molar-refractivity contribution in [3.63, 3.8) is 0 Å². The molecule has 0 radical (unpaired) electrons. The highest BCUT2D eigenvalue weighted by atomic mass is 19.1. The van der Waals surface area contributed by atoms with Crippen LogP contribution in [0.2, 0.25) is 0 Å². The molecule has 0 spiro atoms. The van der Waals surface area contributed by atoms with Crippen molar-refractivity contribution < 1.29 is 14.1 Å². The lowest BCUT2D eigenvalue weighted by atomic mass is 9.89. The Bertz CT molecular complexity index is 565. The summed E-state index contributed by atoms with van der Waals surface area (Å²) in [5.41, 5.74) is -0.257. The summed E-state index contributed by atoms with van der Waals surface area (Å²) in [5, 5.41) is 19.6. The van der Waals surface area contributed by atoms with Crippen molar-refractivity contribution >= 4 is 5.69 Å². The monoisotopic (exact) mass is 294 g/mol. The van der Waals surface area contributed by atoms with Crippen LogP contribution in [-0.2, 0) is 0 Å². The van der Waals surface area contributed by atoms with Gasteiger partial charge in [-0.2, -0.15) is 5.26 Å². The molecule has 0 aliphatic rings. The third-order valence-corrected chi connectivity index (χ3v) is 3.20. The lowest BCUT2D eigenvalue weighted by molar-refractivity contribution is -0.385. The summed E-state index contributed by atoms with van der Waals surface area (Å²) in [6.45, 7) is 5.59. The normalized spacial score (nSPS) is 11.0. The second-order valence-electron chi connectivity index (χ2n) is 5.63. The molecule has 0 aromatic heterocycles. The maximum atomic E-state index is 13.7. The first-order valence-corrected chi connectivity index (χ1v) is 6.75. The van der Waals surface area contributed by atoms with E-state index in [0.29, 0.717) is 18.6 Å². The summed E-state index contributed by atoms with van der Waals surface area (Å²) >= 11 is 0. The fourth-order valence-electron chi connectivity index (χ4n) is 1.86. The second-order valence-corrected chi connectivity index (χ2v) is 5.63. The molecule has 1 rings (SSSR count). The minimum atomic E-state index is -0.732. The Labute approximate surface area is 123 Å². The maximum Gasteiger partial charge on any atom is 0.275 e. The average Bonchev–Trinajstić information content (AvgIpc) is 2.41. The molecule has 0 saturated heterocycles. The Morgan fingerprint density at radius 2 is 2.10 bits per heavy atom. The van der Waals surface area contributed by atoms with E-state index in [0.717, 1.165) is 18.9 Å². The number of aryl methyl sites for hydroxylation is 1. The molecule has 21 heavy (non-hydrogen) atoms. The highest BCUT2D eigenvalue weighted by Crippen LogP contribution is 2.27. The highest BCUT2D eigenvalue weighted by molar-refractivity contribution is 5.45. The van der Waals surface area contributed by atoms with Gasteiger partial charge in [-0.3, -0.25) is 10.1 Å². The molecule has 0 amide bonds. The van der Waals surface area contributed by atoms with E-state index in [1.165, 1.54) is 6.07 Å². The quantitative estimate of drug-likeness (QED) is 0.430. The van der Waals surface area contributed by atoms with Gasteiger partial charge in [-0.25, -0.2) is 4.39 Å². The molecule has 0 aliphatic carbocycles. The van der Waals surface area contributed by atoms with Crippen LogP contribution in [0.5, 0.6) is 5.75 Å². The summed E-state index contributed by atoms with van der Waals surface area (Å²) in [5.74, 6) is -0.706. The molecular formula is C15H19FN2O3. The number of benzene rings is 1. The number of nitro groups is 1. The van der Waals surface area contributed by atoms with Crippen molar-refractivity contribution in [3.8, 4) is 11.8 Å². The Morgan fingerprint density at radius 1 is 1.43 bits per heavy atom. The lowest BCUT2D eigenvalue weighted by Gasteiger charge is -2.14. The fourth-order valence-corrected chi connectivity index (χ4v) is 1.86. The first-order valence-electron chi connectivity index (χ1n) is 6.75. The largest absolute Gasteiger partial charge is 0.491 e. The number of nitro benzene ring substituents is 1. The first kappa shape index (κ1) is 16.9. The van der Waals surface area contributed by atoms with Crippen LogP contribution >= 0.6 is 0 Å². The second kappa shape index (κ2) is 7.02. The molecule has 0 aliphatic heterocycles. The van der Waals surface area contributed by atoms with E-state index in [-0.39, 0.29) is 16.9 Å². The number of halogens is 1. The molecule has 1 aromatic rings. The Hall–Kier alpha value is -2.16. The number of ether oxygens (including phenoxy) is 1. The number of rotatable bonds is 7.